The third-order valence-electron chi connectivity index (χ3n) is 5.41. The van der Waals surface area contributed by atoms with Crippen molar-refractivity contribution in [2.75, 3.05) is 33.1 Å². The van der Waals surface area contributed by atoms with Gasteiger partial charge in [-0.05, 0) is 82.5 Å². The minimum Gasteiger partial charge on any atom is -0.491 e. The van der Waals surface area contributed by atoms with Gasteiger partial charge >= 0.3 is 0 Å². The smallest absolute Gasteiger partial charge is 0.127 e. The molecule has 0 aliphatic carbocycles. The molecule has 8 heteroatoms. The summed E-state index contributed by atoms with van der Waals surface area (Å²) in [5.41, 5.74) is 17.6. The van der Waals surface area contributed by atoms with E-state index in [0.29, 0.717) is 26.4 Å². The predicted molar refractivity (Wildman–Crippen MR) is 135 cm³/mol. The van der Waals surface area contributed by atoms with Gasteiger partial charge in [0.05, 0.1) is 18.8 Å². The Balaban J connectivity index is 2.16. The molecule has 34 heavy (non-hydrogen) atoms. The zero-order valence-electron chi connectivity index (χ0n) is 21.3. The first-order valence-electron chi connectivity index (χ1n) is 11.5. The number of aryl methyl sites for hydroxylation is 2. The van der Waals surface area contributed by atoms with Crippen LogP contribution in [0, 0.1) is 13.8 Å². The number of nitrogens with two attached hydrogens (primary N) is 1. The Bertz CT molecular complexity index is 985. The second-order valence-electron chi connectivity index (χ2n) is 9.52. The van der Waals surface area contributed by atoms with E-state index in [1.54, 1.807) is 0 Å². The van der Waals surface area contributed by atoms with Crippen molar-refractivity contribution in [3.8, 4) is 22.6 Å². The molecule has 0 spiro atoms. The van der Waals surface area contributed by atoms with Crippen molar-refractivity contribution in [2.24, 2.45) is 10.8 Å². The second-order valence-corrected chi connectivity index (χ2v) is 9.52. The van der Waals surface area contributed by atoms with Crippen molar-refractivity contribution in [1.29, 1.82) is 0 Å². The molecule has 0 saturated carbocycles. The Labute approximate surface area is 203 Å². The second kappa shape index (κ2) is 12.6. The van der Waals surface area contributed by atoms with Crippen molar-refractivity contribution in [3.05, 3.63) is 58.0 Å². The van der Waals surface area contributed by atoms with E-state index in [2.05, 4.69) is 55.9 Å². The highest BCUT2D eigenvalue weighted by Gasteiger charge is 2.23. The predicted octanol–water partition coefficient (Wildman–Crippen LogP) is 5.94. The van der Waals surface area contributed by atoms with E-state index in [-0.39, 0.29) is 12.3 Å². The Morgan fingerprint density at radius 3 is 2.41 bits per heavy atom. The number of nitrogens with zero attached hydrogens (tertiary/aromatic N) is 3. The van der Waals surface area contributed by atoms with E-state index < -0.39 is 5.60 Å². The van der Waals surface area contributed by atoms with Gasteiger partial charge in [0.2, 0.25) is 0 Å². The fourth-order valence-corrected chi connectivity index (χ4v) is 3.28. The molecule has 2 N–H and O–H groups in total. The first-order valence-corrected chi connectivity index (χ1v) is 11.5. The van der Waals surface area contributed by atoms with Crippen molar-refractivity contribution < 1.29 is 18.9 Å². The number of hydrogen-bond donors (Lipinski definition) is 1. The average Bonchev–Trinajstić information content (AvgIpc) is 2.78. The summed E-state index contributed by atoms with van der Waals surface area (Å²) in [4.78, 5) is 2.66. The van der Waals surface area contributed by atoms with E-state index >= 15 is 0 Å². The third-order valence-corrected chi connectivity index (χ3v) is 5.41. The van der Waals surface area contributed by atoms with Crippen LogP contribution in [-0.4, -0.2) is 44.3 Å². The number of benzene rings is 2. The van der Waals surface area contributed by atoms with Crippen LogP contribution in [0.3, 0.4) is 0 Å². The normalized spacial score (nSPS) is 11.7. The van der Waals surface area contributed by atoms with E-state index in [4.69, 9.17) is 30.2 Å². The molecule has 2 rings (SSSR count). The molecule has 0 fully saturated rings. The summed E-state index contributed by atoms with van der Waals surface area (Å²) >= 11 is 0. The summed E-state index contributed by atoms with van der Waals surface area (Å²) in [6, 6.07) is 12.2. The van der Waals surface area contributed by atoms with Crippen molar-refractivity contribution in [1.82, 2.24) is 0 Å². The molecule has 186 valence electrons. The Morgan fingerprint density at radius 1 is 0.941 bits per heavy atom. The molecule has 0 heterocycles. The van der Waals surface area contributed by atoms with E-state index in [9.17, 15) is 0 Å². The minimum atomic E-state index is -0.410. The fraction of sp³-hybridized carbons (Fsp3) is 0.538. The number of rotatable bonds is 14. The SMILES string of the molecule is Cc1ccc(OCCOCN=[N+]=[N-])c(-c2cc(OC(C)(C)CCOC(C)(C)CN)ccc2C)c1. The Hall–Kier alpha value is -2.77. The molecular formula is C26H38N4O4. The quantitative estimate of drug-likeness (QED) is 0.159. The highest BCUT2D eigenvalue weighted by atomic mass is 16.5. The first kappa shape index (κ1) is 27.5. The van der Waals surface area contributed by atoms with Crippen LogP contribution in [0.2, 0.25) is 0 Å². The maximum Gasteiger partial charge on any atom is 0.127 e. The van der Waals surface area contributed by atoms with Crippen LogP contribution in [0.15, 0.2) is 41.5 Å². The summed E-state index contributed by atoms with van der Waals surface area (Å²) < 4.78 is 23.5. The van der Waals surface area contributed by atoms with Gasteiger partial charge < -0.3 is 24.7 Å². The van der Waals surface area contributed by atoms with Crippen LogP contribution in [0.4, 0.5) is 0 Å². The van der Waals surface area contributed by atoms with E-state index in [0.717, 1.165) is 40.2 Å². The molecule has 2 aromatic rings. The third kappa shape index (κ3) is 8.88. The first-order chi connectivity index (χ1) is 16.1. The Morgan fingerprint density at radius 2 is 1.71 bits per heavy atom. The highest BCUT2D eigenvalue weighted by Crippen LogP contribution is 2.36. The molecule has 0 radical (unpaired) electrons. The largest absolute Gasteiger partial charge is 0.491 e. The summed E-state index contributed by atoms with van der Waals surface area (Å²) in [6.45, 7) is 13.9. The number of azide groups is 1. The van der Waals surface area contributed by atoms with Crippen LogP contribution in [-0.2, 0) is 9.47 Å². The lowest BCUT2D eigenvalue weighted by Crippen LogP contribution is -2.37. The van der Waals surface area contributed by atoms with Crippen LogP contribution in [0.5, 0.6) is 11.5 Å². The highest BCUT2D eigenvalue weighted by molar-refractivity contribution is 5.75. The van der Waals surface area contributed by atoms with E-state index in [1.807, 2.05) is 32.0 Å². The van der Waals surface area contributed by atoms with E-state index in [1.165, 1.54) is 0 Å². The maximum absolute atomic E-state index is 8.32. The molecule has 0 unspecified atom stereocenters. The molecule has 0 aliphatic heterocycles. The maximum atomic E-state index is 8.32. The Kier molecular flexibility index (Phi) is 10.2. The van der Waals surface area contributed by atoms with Gasteiger partial charge in [0.1, 0.15) is 30.4 Å². The van der Waals surface area contributed by atoms with Crippen LogP contribution in [0.25, 0.3) is 21.6 Å². The molecule has 0 atom stereocenters. The van der Waals surface area contributed by atoms with Gasteiger partial charge in [-0.3, -0.25) is 0 Å². The zero-order valence-corrected chi connectivity index (χ0v) is 21.3. The van der Waals surface area contributed by atoms with Crippen molar-refractivity contribution >= 4 is 0 Å². The molecule has 0 bridgehead atoms. The monoisotopic (exact) mass is 470 g/mol. The summed E-state index contributed by atoms with van der Waals surface area (Å²) in [5, 5.41) is 3.35. The molecule has 8 nitrogen and oxygen atoms in total. The standard InChI is InChI=1S/C26H38N4O4/c1-19-7-10-24(32-14-13-31-18-29-30-28)23(15-19)22-16-21(9-8-20(22)2)34-25(3,4)11-12-33-26(5,6)17-27/h7-10,15-16H,11-14,17-18,27H2,1-6H3. The minimum absolute atomic E-state index is 0.0103. The van der Waals surface area contributed by atoms with Gasteiger partial charge in [-0.1, -0.05) is 22.8 Å². The lowest BCUT2D eigenvalue weighted by atomic mass is 9.97. The van der Waals surface area contributed by atoms with Gasteiger partial charge in [-0.25, -0.2) is 0 Å². The van der Waals surface area contributed by atoms with Crippen molar-refractivity contribution in [3.63, 3.8) is 0 Å². The zero-order chi connectivity index (χ0) is 25.2. The number of ether oxygens (including phenoxy) is 4. The van der Waals surface area contributed by atoms with Gasteiger partial charge in [0.15, 0.2) is 0 Å². The van der Waals surface area contributed by atoms with Gasteiger partial charge in [-0.2, -0.15) is 0 Å². The average molecular weight is 471 g/mol. The topological polar surface area (TPSA) is 112 Å². The number of hydrogen-bond acceptors (Lipinski definition) is 6. The van der Waals surface area contributed by atoms with Crippen LogP contribution >= 0.6 is 0 Å². The molecule has 0 saturated heterocycles. The summed E-state index contributed by atoms with van der Waals surface area (Å²) in [5.74, 6) is 1.55. The molecular weight excluding hydrogens is 432 g/mol. The van der Waals surface area contributed by atoms with Crippen molar-refractivity contribution in [2.45, 2.75) is 59.2 Å². The fourth-order valence-electron chi connectivity index (χ4n) is 3.28. The lowest BCUT2D eigenvalue weighted by molar-refractivity contribution is -0.0348. The molecule has 0 amide bonds. The van der Waals surface area contributed by atoms with Crippen LogP contribution in [0.1, 0.15) is 45.2 Å². The lowest BCUT2D eigenvalue weighted by Gasteiger charge is -2.30. The van der Waals surface area contributed by atoms with Gasteiger partial charge in [0, 0.05) is 23.4 Å². The van der Waals surface area contributed by atoms with Crippen LogP contribution < -0.4 is 15.2 Å². The summed E-state index contributed by atoms with van der Waals surface area (Å²) in [6.07, 6.45) is 0.730. The molecule has 2 aromatic carbocycles. The van der Waals surface area contributed by atoms with Gasteiger partial charge in [-0.15, -0.1) is 0 Å². The molecule has 0 aliphatic rings. The molecule has 0 aromatic heterocycles. The summed E-state index contributed by atoms with van der Waals surface area (Å²) in [7, 11) is 0. The van der Waals surface area contributed by atoms with Gasteiger partial charge in [0.25, 0.3) is 0 Å².